The van der Waals surface area contributed by atoms with Crippen LogP contribution in [-0.4, -0.2) is 0 Å². The van der Waals surface area contributed by atoms with Gasteiger partial charge in [-0.05, 0) is 24.3 Å². The summed E-state index contributed by atoms with van der Waals surface area (Å²) in [6.45, 7) is 0. The SMILES string of the molecule is N#Cc1ccc(-c2ccc(C(F)(F)F)cc2)o1. The minimum atomic E-state index is -4.35. The minimum absolute atomic E-state index is 0.125. The molecule has 0 radical (unpaired) electrons. The second-order valence-corrected chi connectivity index (χ2v) is 3.35. The number of hydrogen-bond acceptors (Lipinski definition) is 2. The number of nitrogens with zero attached hydrogens (tertiary/aromatic N) is 1. The van der Waals surface area contributed by atoms with Crippen molar-refractivity contribution >= 4 is 0 Å². The van der Waals surface area contributed by atoms with Crippen molar-refractivity contribution in [2.75, 3.05) is 0 Å². The smallest absolute Gasteiger partial charge is 0.416 e. The molecule has 0 saturated carbocycles. The maximum absolute atomic E-state index is 12.3. The number of hydrogen-bond donors (Lipinski definition) is 0. The standard InChI is InChI=1S/C12H6F3NO/c13-12(14,15)9-3-1-8(2-4-9)11-6-5-10(7-16)17-11/h1-6H. The third kappa shape index (κ3) is 2.31. The monoisotopic (exact) mass is 237 g/mol. The Labute approximate surface area is 94.9 Å². The summed E-state index contributed by atoms with van der Waals surface area (Å²) in [7, 11) is 0. The molecule has 0 unspecified atom stereocenters. The van der Waals surface area contributed by atoms with E-state index >= 15 is 0 Å². The van der Waals surface area contributed by atoms with Gasteiger partial charge in [0.05, 0.1) is 5.56 Å². The highest BCUT2D eigenvalue weighted by atomic mass is 19.4. The first-order valence-electron chi connectivity index (χ1n) is 4.68. The van der Waals surface area contributed by atoms with Crippen molar-refractivity contribution in [2.24, 2.45) is 0 Å². The molecule has 0 aliphatic heterocycles. The fourth-order valence-corrected chi connectivity index (χ4v) is 1.38. The van der Waals surface area contributed by atoms with Crippen LogP contribution in [0.1, 0.15) is 11.3 Å². The lowest BCUT2D eigenvalue weighted by Gasteiger charge is -2.06. The van der Waals surface area contributed by atoms with Crippen LogP contribution in [0.3, 0.4) is 0 Å². The lowest BCUT2D eigenvalue weighted by Crippen LogP contribution is -2.03. The maximum Gasteiger partial charge on any atom is 0.416 e. The molecule has 0 aliphatic rings. The Hall–Kier alpha value is -2.22. The molecule has 5 heteroatoms. The first kappa shape index (κ1) is 11.3. The largest absolute Gasteiger partial charge is 0.446 e. The predicted octanol–water partition coefficient (Wildman–Crippen LogP) is 3.84. The van der Waals surface area contributed by atoms with Gasteiger partial charge in [0, 0.05) is 5.56 Å². The Morgan fingerprint density at radius 1 is 1.00 bits per heavy atom. The van der Waals surface area contributed by atoms with Crippen molar-refractivity contribution < 1.29 is 17.6 Å². The maximum atomic E-state index is 12.3. The number of furan rings is 1. The van der Waals surface area contributed by atoms with Crippen molar-refractivity contribution in [3.8, 4) is 17.4 Å². The molecule has 0 atom stereocenters. The molecule has 0 N–H and O–H groups in total. The highest BCUT2D eigenvalue weighted by molar-refractivity contribution is 5.58. The van der Waals surface area contributed by atoms with E-state index in [4.69, 9.17) is 9.68 Å². The third-order valence-electron chi connectivity index (χ3n) is 2.21. The van der Waals surface area contributed by atoms with Gasteiger partial charge in [0.25, 0.3) is 0 Å². The van der Waals surface area contributed by atoms with Gasteiger partial charge in [-0.2, -0.15) is 18.4 Å². The Morgan fingerprint density at radius 3 is 2.12 bits per heavy atom. The molecule has 2 aromatic rings. The van der Waals surface area contributed by atoms with Crippen LogP contribution in [-0.2, 0) is 6.18 Å². The summed E-state index contributed by atoms with van der Waals surface area (Å²) >= 11 is 0. The normalized spacial score (nSPS) is 11.2. The van der Waals surface area contributed by atoms with Crippen molar-refractivity contribution in [1.29, 1.82) is 5.26 Å². The van der Waals surface area contributed by atoms with Crippen LogP contribution in [0, 0.1) is 11.3 Å². The van der Waals surface area contributed by atoms with Gasteiger partial charge < -0.3 is 4.42 Å². The zero-order valence-corrected chi connectivity index (χ0v) is 8.45. The van der Waals surface area contributed by atoms with E-state index in [1.807, 2.05) is 0 Å². The van der Waals surface area contributed by atoms with Crippen molar-refractivity contribution in [1.82, 2.24) is 0 Å². The van der Waals surface area contributed by atoms with E-state index in [0.29, 0.717) is 11.3 Å². The summed E-state index contributed by atoms with van der Waals surface area (Å²) in [4.78, 5) is 0. The number of halogens is 3. The second-order valence-electron chi connectivity index (χ2n) is 3.35. The van der Waals surface area contributed by atoms with Crippen LogP contribution < -0.4 is 0 Å². The molecule has 1 aromatic heterocycles. The molecule has 86 valence electrons. The van der Waals surface area contributed by atoms with E-state index in [9.17, 15) is 13.2 Å². The van der Waals surface area contributed by atoms with Gasteiger partial charge in [0.2, 0.25) is 5.76 Å². The number of benzene rings is 1. The first-order valence-corrected chi connectivity index (χ1v) is 4.68. The highest BCUT2D eigenvalue weighted by Gasteiger charge is 2.30. The topological polar surface area (TPSA) is 36.9 Å². The fraction of sp³-hybridized carbons (Fsp3) is 0.0833. The second kappa shape index (κ2) is 3.98. The molecular weight excluding hydrogens is 231 g/mol. The molecule has 0 fully saturated rings. The number of nitriles is 1. The zero-order valence-electron chi connectivity index (χ0n) is 8.45. The lowest BCUT2D eigenvalue weighted by atomic mass is 10.1. The van der Waals surface area contributed by atoms with Crippen LogP contribution in [0.5, 0.6) is 0 Å². The van der Waals surface area contributed by atoms with Crippen LogP contribution in [0.15, 0.2) is 40.8 Å². The van der Waals surface area contributed by atoms with Crippen LogP contribution in [0.2, 0.25) is 0 Å². The van der Waals surface area contributed by atoms with E-state index in [1.54, 1.807) is 12.1 Å². The average molecular weight is 237 g/mol. The molecule has 0 spiro atoms. The zero-order chi connectivity index (χ0) is 12.5. The molecule has 0 amide bonds. The first-order chi connectivity index (χ1) is 8.00. The molecule has 1 aromatic carbocycles. The van der Waals surface area contributed by atoms with Gasteiger partial charge in [0.15, 0.2) is 0 Å². The van der Waals surface area contributed by atoms with Crippen LogP contribution >= 0.6 is 0 Å². The van der Waals surface area contributed by atoms with Gasteiger partial charge in [-0.15, -0.1) is 0 Å². The summed E-state index contributed by atoms with van der Waals surface area (Å²) in [5.74, 6) is 0.496. The lowest BCUT2D eigenvalue weighted by molar-refractivity contribution is -0.137. The summed E-state index contributed by atoms with van der Waals surface area (Å²) in [5.41, 5.74) is -0.215. The van der Waals surface area contributed by atoms with Gasteiger partial charge in [-0.1, -0.05) is 12.1 Å². The van der Waals surface area contributed by atoms with E-state index in [-0.39, 0.29) is 5.76 Å². The van der Waals surface area contributed by atoms with Gasteiger partial charge in [0.1, 0.15) is 11.8 Å². The Balaban J connectivity index is 2.33. The molecular formula is C12H6F3NO. The van der Waals surface area contributed by atoms with Crippen LogP contribution in [0.4, 0.5) is 13.2 Å². The Morgan fingerprint density at radius 2 is 1.65 bits per heavy atom. The quantitative estimate of drug-likeness (QED) is 0.755. The van der Waals surface area contributed by atoms with Gasteiger partial charge in [-0.25, -0.2) is 0 Å². The molecule has 17 heavy (non-hydrogen) atoms. The highest BCUT2D eigenvalue weighted by Crippen LogP contribution is 2.31. The third-order valence-corrected chi connectivity index (χ3v) is 2.21. The molecule has 1 heterocycles. The summed E-state index contributed by atoms with van der Waals surface area (Å²) < 4.78 is 42.0. The van der Waals surface area contributed by atoms with Crippen molar-refractivity contribution in [3.63, 3.8) is 0 Å². The summed E-state index contributed by atoms with van der Waals surface area (Å²) in [6, 6.07) is 9.38. The van der Waals surface area contributed by atoms with Crippen molar-refractivity contribution in [2.45, 2.75) is 6.18 Å². The van der Waals surface area contributed by atoms with Gasteiger partial charge in [-0.3, -0.25) is 0 Å². The Bertz CT molecular complexity index is 561. The van der Waals surface area contributed by atoms with Crippen LogP contribution in [0.25, 0.3) is 11.3 Å². The van der Waals surface area contributed by atoms with E-state index < -0.39 is 11.7 Å². The minimum Gasteiger partial charge on any atom is -0.446 e. The summed E-state index contributed by atoms with van der Waals surface area (Å²) in [5, 5.41) is 8.56. The van der Waals surface area contributed by atoms with E-state index in [1.165, 1.54) is 18.2 Å². The number of rotatable bonds is 1. The number of alkyl halides is 3. The molecule has 0 aliphatic carbocycles. The molecule has 0 saturated heterocycles. The molecule has 0 bridgehead atoms. The van der Waals surface area contributed by atoms with E-state index in [2.05, 4.69) is 0 Å². The summed E-state index contributed by atoms with van der Waals surface area (Å²) in [6.07, 6.45) is -4.35. The van der Waals surface area contributed by atoms with Gasteiger partial charge >= 0.3 is 6.18 Å². The van der Waals surface area contributed by atoms with E-state index in [0.717, 1.165) is 12.1 Å². The van der Waals surface area contributed by atoms with Crippen molar-refractivity contribution in [3.05, 3.63) is 47.7 Å². The molecule has 2 nitrogen and oxygen atoms in total. The fourth-order valence-electron chi connectivity index (χ4n) is 1.38. The molecule has 2 rings (SSSR count). The Kier molecular flexibility index (Phi) is 2.64. The predicted molar refractivity (Wildman–Crippen MR) is 53.9 cm³/mol. The average Bonchev–Trinajstić information content (AvgIpc) is 2.76.